The summed E-state index contributed by atoms with van der Waals surface area (Å²) in [5.41, 5.74) is 1.81. The Balaban J connectivity index is 2.23. The lowest BCUT2D eigenvalue weighted by Gasteiger charge is -2.27. The van der Waals surface area contributed by atoms with Gasteiger partial charge in [0.2, 0.25) is 0 Å². The highest BCUT2D eigenvalue weighted by atomic mass is 32.2. The fourth-order valence-corrected chi connectivity index (χ4v) is 4.95. The maximum absolute atomic E-state index is 12.1. The highest BCUT2D eigenvalue weighted by Gasteiger charge is 2.38. The third kappa shape index (κ3) is 1.62. The van der Waals surface area contributed by atoms with E-state index in [2.05, 4.69) is 12.2 Å². The number of benzene rings is 1. The van der Waals surface area contributed by atoms with Gasteiger partial charge in [-0.3, -0.25) is 0 Å². The van der Waals surface area contributed by atoms with Crippen LogP contribution in [-0.4, -0.2) is 20.7 Å². The summed E-state index contributed by atoms with van der Waals surface area (Å²) in [7, 11) is -3.05. The van der Waals surface area contributed by atoms with Crippen LogP contribution in [0.15, 0.2) is 23.1 Å². The van der Waals surface area contributed by atoms with Crippen LogP contribution >= 0.6 is 0 Å². The van der Waals surface area contributed by atoms with Crippen LogP contribution < -0.4 is 5.32 Å². The molecule has 0 amide bonds. The quantitative estimate of drug-likeness (QED) is 0.825. The molecule has 1 aromatic carbocycles. The molecular formula is C13H17NO2S. The zero-order valence-electron chi connectivity index (χ0n) is 9.99. The van der Waals surface area contributed by atoms with E-state index in [1.807, 2.05) is 18.2 Å². The second kappa shape index (κ2) is 3.56. The zero-order valence-corrected chi connectivity index (χ0v) is 10.8. The van der Waals surface area contributed by atoms with E-state index < -0.39 is 9.84 Å². The van der Waals surface area contributed by atoms with Gasteiger partial charge in [0.05, 0.1) is 10.6 Å². The molecule has 4 heteroatoms. The second-order valence-electron chi connectivity index (χ2n) is 5.23. The SMILES string of the molecule is CC1(c2cccc3c2S(=O)(=O)CC3)CCCN1. The van der Waals surface area contributed by atoms with Crippen LogP contribution in [0.4, 0.5) is 0 Å². The number of sulfone groups is 1. The molecule has 92 valence electrons. The molecule has 3 nitrogen and oxygen atoms in total. The third-order valence-electron chi connectivity index (χ3n) is 4.01. The van der Waals surface area contributed by atoms with Crippen molar-refractivity contribution in [1.82, 2.24) is 5.32 Å². The van der Waals surface area contributed by atoms with E-state index >= 15 is 0 Å². The number of hydrogen-bond acceptors (Lipinski definition) is 3. The summed E-state index contributed by atoms with van der Waals surface area (Å²) in [4.78, 5) is 0.608. The van der Waals surface area contributed by atoms with Crippen LogP contribution in [-0.2, 0) is 21.8 Å². The first-order chi connectivity index (χ1) is 8.03. The smallest absolute Gasteiger partial charge is 0.179 e. The molecular weight excluding hydrogens is 234 g/mol. The summed E-state index contributed by atoms with van der Waals surface area (Å²) >= 11 is 0. The molecule has 0 saturated carbocycles. The highest BCUT2D eigenvalue weighted by Crippen LogP contribution is 2.39. The Morgan fingerprint density at radius 2 is 2.18 bits per heavy atom. The van der Waals surface area contributed by atoms with Crippen molar-refractivity contribution in [3.05, 3.63) is 29.3 Å². The van der Waals surface area contributed by atoms with Gasteiger partial charge in [-0.2, -0.15) is 0 Å². The average molecular weight is 251 g/mol. The molecule has 0 aliphatic carbocycles. The van der Waals surface area contributed by atoms with Crippen molar-refractivity contribution in [3.8, 4) is 0 Å². The molecule has 0 radical (unpaired) electrons. The molecule has 1 aromatic rings. The Morgan fingerprint density at radius 3 is 2.88 bits per heavy atom. The van der Waals surface area contributed by atoms with E-state index in [1.54, 1.807) is 0 Å². The van der Waals surface area contributed by atoms with Crippen molar-refractivity contribution in [2.24, 2.45) is 0 Å². The summed E-state index contributed by atoms with van der Waals surface area (Å²) in [5, 5.41) is 3.45. The standard InChI is InChI=1S/C13H17NO2S/c1-13(7-3-8-14-13)11-5-2-4-10-6-9-17(15,16)12(10)11/h2,4-5,14H,3,6-9H2,1H3. The minimum Gasteiger partial charge on any atom is -0.308 e. The topological polar surface area (TPSA) is 46.2 Å². The van der Waals surface area contributed by atoms with Gasteiger partial charge in [0.15, 0.2) is 9.84 Å². The minimum absolute atomic E-state index is 0.164. The molecule has 2 heterocycles. The van der Waals surface area contributed by atoms with E-state index in [-0.39, 0.29) is 11.3 Å². The van der Waals surface area contributed by atoms with Crippen molar-refractivity contribution in [1.29, 1.82) is 0 Å². The van der Waals surface area contributed by atoms with Gasteiger partial charge >= 0.3 is 0 Å². The third-order valence-corrected chi connectivity index (χ3v) is 5.86. The Hall–Kier alpha value is -0.870. The predicted octanol–water partition coefficient (Wildman–Crippen LogP) is 1.61. The van der Waals surface area contributed by atoms with Crippen LogP contribution in [0, 0.1) is 0 Å². The molecule has 1 unspecified atom stereocenters. The molecule has 0 bridgehead atoms. The lowest BCUT2D eigenvalue weighted by Crippen LogP contribution is -2.34. The van der Waals surface area contributed by atoms with Gasteiger partial charge in [-0.05, 0) is 43.9 Å². The fourth-order valence-electron chi connectivity index (χ4n) is 3.05. The molecule has 1 saturated heterocycles. The maximum Gasteiger partial charge on any atom is 0.179 e. The van der Waals surface area contributed by atoms with Crippen molar-refractivity contribution in [3.63, 3.8) is 0 Å². The lowest BCUT2D eigenvalue weighted by atomic mass is 9.89. The van der Waals surface area contributed by atoms with Crippen LogP contribution in [0.25, 0.3) is 0 Å². The Kier molecular flexibility index (Phi) is 2.35. The Morgan fingerprint density at radius 1 is 1.35 bits per heavy atom. The molecule has 0 aromatic heterocycles. The van der Waals surface area contributed by atoms with Gasteiger partial charge in [0, 0.05) is 5.54 Å². The molecule has 2 aliphatic rings. The minimum atomic E-state index is -3.05. The van der Waals surface area contributed by atoms with Crippen LogP contribution in [0.5, 0.6) is 0 Å². The summed E-state index contributed by atoms with van der Waals surface area (Å²) < 4.78 is 24.3. The van der Waals surface area contributed by atoms with Crippen molar-refractivity contribution >= 4 is 9.84 Å². The van der Waals surface area contributed by atoms with E-state index in [0.717, 1.165) is 30.5 Å². The zero-order chi connectivity index (χ0) is 12.1. The molecule has 1 N–H and O–H groups in total. The number of hydrogen-bond donors (Lipinski definition) is 1. The fraction of sp³-hybridized carbons (Fsp3) is 0.538. The van der Waals surface area contributed by atoms with E-state index in [4.69, 9.17) is 0 Å². The molecule has 3 rings (SSSR count). The number of rotatable bonds is 1. The highest BCUT2D eigenvalue weighted by molar-refractivity contribution is 7.91. The molecule has 1 fully saturated rings. The van der Waals surface area contributed by atoms with Gasteiger partial charge in [-0.1, -0.05) is 18.2 Å². The van der Waals surface area contributed by atoms with Gasteiger partial charge in [-0.15, -0.1) is 0 Å². The molecule has 1 atom stereocenters. The number of aryl methyl sites for hydroxylation is 1. The van der Waals surface area contributed by atoms with Crippen molar-refractivity contribution < 1.29 is 8.42 Å². The molecule has 17 heavy (non-hydrogen) atoms. The summed E-state index contributed by atoms with van der Waals surface area (Å²) in [6, 6.07) is 5.90. The predicted molar refractivity (Wildman–Crippen MR) is 66.8 cm³/mol. The molecule has 2 aliphatic heterocycles. The van der Waals surface area contributed by atoms with Crippen LogP contribution in [0.3, 0.4) is 0 Å². The van der Waals surface area contributed by atoms with Crippen molar-refractivity contribution in [2.75, 3.05) is 12.3 Å². The largest absolute Gasteiger partial charge is 0.308 e. The molecule has 0 spiro atoms. The Labute approximate surface area is 102 Å². The summed E-state index contributed by atoms with van der Waals surface area (Å²) in [5.74, 6) is 0.273. The summed E-state index contributed by atoms with van der Waals surface area (Å²) in [6.07, 6.45) is 2.79. The number of fused-ring (bicyclic) bond motifs is 1. The first-order valence-corrected chi connectivity index (χ1v) is 7.78. The van der Waals surface area contributed by atoms with Gasteiger partial charge in [-0.25, -0.2) is 8.42 Å². The second-order valence-corrected chi connectivity index (χ2v) is 7.27. The van der Waals surface area contributed by atoms with E-state index in [1.165, 1.54) is 0 Å². The number of nitrogens with one attached hydrogen (secondary N) is 1. The van der Waals surface area contributed by atoms with Crippen LogP contribution in [0.2, 0.25) is 0 Å². The maximum atomic E-state index is 12.1. The van der Waals surface area contributed by atoms with E-state index in [0.29, 0.717) is 11.3 Å². The van der Waals surface area contributed by atoms with Gasteiger partial charge in [0.1, 0.15) is 0 Å². The first kappa shape index (κ1) is 11.2. The van der Waals surface area contributed by atoms with Gasteiger partial charge in [0.25, 0.3) is 0 Å². The Bertz CT molecular complexity index is 557. The van der Waals surface area contributed by atoms with Crippen molar-refractivity contribution in [2.45, 2.75) is 36.6 Å². The monoisotopic (exact) mass is 251 g/mol. The lowest BCUT2D eigenvalue weighted by molar-refractivity contribution is 0.425. The normalized spacial score (nSPS) is 30.4. The van der Waals surface area contributed by atoms with E-state index in [9.17, 15) is 8.42 Å². The average Bonchev–Trinajstić information content (AvgIpc) is 2.85. The summed E-state index contributed by atoms with van der Waals surface area (Å²) in [6.45, 7) is 3.09. The first-order valence-electron chi connectivity index (χ1n) is 6.13. The van der Waals surface area contributed by atoms with Gasteiger partial charge < -0.3 is 5.32 Å². The van der Waals surface area contributed by atoms with Crippen LogP contribution in [0.1, 0.15) is 30.9 Å².